The molecule has 96 valence electrons. The number of ether oxygens (including phenoxy) is 1. The second-order valence-electron chi connectivity index (χ2n) is 4.10. The van der Waals surface area contributed by atoms with Gasteiger partial charge >= 0.3 is 0 Å². The molecule has 1 unspecified atom stereocenters. The van der Waals surface area contributed by atoms with Gasteiger partial charge in [-0.15, -0.1) is 0 Å². The van der Waals surface area contributed by atoms with Crippen molar-refractivity contribution in [3.05, 3.63) is 47.8 Å². The van der Waals surface area contributed by atoms with E-state index in [9.17, 15) is 9.50 Å². The van der Waals surface area contributed by atoms with Crippen LogP contribution in [0.3, 0.4) is 0 Å². The predicted molar refractivity (Wildman–Crippen MR) is 64.6 cm³/mol. The van der Waals surface area contributed by atoms with Crippen LogP contribution >= 0.6 is 0 Å². The summed E-state index contributed by atoms with van der Waals surface area (Å²) in [6.45, 7) is 1.84. The molecule has 0 spiro atoms. The third-order valence-corrected chi connectivity index (χ3v) is 2.70. The molecular weight excluding hydrogens is 235 g/mol. The summed E-state index contributed by atoms with van der Waals surface area (Å²) in [5.41, 5.74) is 0.434. The van der Waals surface area contributed by atoms with Crippen molar-refractivity contribution in [1.29, 1.82) is 0 Å². The Bertz CT molecular complexity index is 538. The van der Waals surface area contributed by atoms with Crippen molar-refractivity contribution in [2.24, 2.45) is 7.05 Å². The molecule has 1 atom stereocenters. The maximum Gasteiger partial charge on any atom is 0.146 e. The first kappa shape index (κ1) is 12.6. The SMILES string of the molecule is CC(O)c1cc(F)ccc1OCc1nccn1C. The first-order valence-electron chi connectivity index (χ1n) is 5.64. The van der Waals surface area contributed by atoms with Gasteiger partial charge in [0, 0.05) is 25.0 Å². The van der Waals surface area contributed by atoms with Gasteiger partial charge in [0.1, 0.15) is 24.0 Å². The van der Waals surface area contributed by atoms with E-state index in [0.717, 1.165) is 5.82 Å². The summed E-state index contributed by atoms with van der Waals surface area (Å²) in [5, 5.41) is 9.57. The molecule has 1 N–H and O–H groups in total. The molecule has 4 nitrogen and oxygen atoms in total. The Balaban J connectivity index is 2.16. The number of benzene rings is 1. The minimum Gasteiger partial charge on any atom is -0.485 e. The van der Waals surface area contributed by atoms with Crippen molar-refractivity contribution in [3.8, 4) is 5.75 Å². The van der Waals surface area contributed by atoms with Crippen molar-refractivity contribution in [1.82, 2.24) is 9.55 Å². The van der Waals surface area contributed by atoms with Crippen LogP contribution in [-0.4, -0.2) is 14.7 Å². The number of imidazole rings is 1. The largest absolute Gasteiger partial charge is 0.485 e. The lowest BCUT2D eigenvalue weighted by atomic mass is 10.1. The van der Waals surface area contributed by atoms with Crippen molar-refractivity contribution >= 4 is 0 Å². The molecule has 18 heavy (non-hydrogen) atoms. The Kier molecular flexibility index (Phi) is 3.62. The Morgan fingerprint density at radius 2 is 2.28 bits per heavy atom. The minimum atomic E-state index is -0.780. The van der Waals surface area contributed by atoms with Gasteiger partial charge in [-0.05, 0) is 25.1 Å². The lowest BCUT2D eigenvalue weighted by Gasteiger charge is -2.13. The first-order valence-corrected chi connectivity index (χ1v) is 5.64. The molecule has 0 radical (unpaired) electrons. The number of aryl methyl sites for hydroxylation is 1. The zero-order valence-electron chi connectivity index (χ0n) is 10.3. The van der Waals surface area contributed by atoms with Gasteiger partial charge in [-0.3, -0.25) is 0 Å². The third-order valence-electron chi connectivity index (χ3n) is 2.70. The quantitative estimate of drug-likeness (QED) is 0.904. The Labute approximate surface area is 105 Å². The molecule has 1 heterocycles. The predicted octanol–water partition coefficient (Wildman–Crippen LogP) is 2.19. The number of aliphatic hydroxyl groups excluding tert-OH is 1. The number of nitrogens with zero attached hydrogens (tertiary/aromatic N) is 2. The molecule has 2 aromatic rings. The molecule has 1 aromatic carbocycles. The summed E-state index contributed by atoms with van der Waals surface area (Å²) >= 11 is 0. The van der Waals surface area contributed by atoms with Crippen LogP contribution in [0.1, 0.15) is 24.4 Å². The van der Waals surface area contributed by atoms with Crippen LogP contribution in [0.5, 0.6) is 5.75 Å². The molecule has 0 saturated heterocycles. The van der Waals surface area contributed by atoms with Crippen molar-refractivity contribution in [3.63, 3.8) is 0 Å². The highest BCUT2D eigenvalue weighted by Crippen LogP contribution is 2.26. The van der Waals surface area contributed by atoms with Crippen LogP contribution < -0.4 is 4.74 Å². The summed E-state index contributed by atoms with van der Waals surface area (Å²) in [4.78, 5) is 4.12. The zero-order valence-corrected chi connectivity index (χ0v) is 10.3. The van der Waals surface area contributed by atoms with Crippen LogP contribution in [0.15, 0.2) is 30.6 Å². The van der Waals surface area contributed by atoms with E-state index in [1.807, 2.05) is 17.8 Å². The Morgan fingerprint density at radius 3 is 2.89 bits per heavy atom. The van der Waals surface area contributed by atoms with Gasteiger partial charge in [0.15, 0.2) is 0 Å². The molecular formula is C13H15FN2O2. The number of rotatable bonds is 4. The Morgan fingerprint density at radius 1 is 1.50 bits per heavy atom. The summed E-state index contributed by atoms with van der Waals surface area (Å²) in [7, 11) is 1.87. The topological polar surface area (TPSA) is 47.3 Å². The van der Waals surface area contributed by atoms with E-state index in [0.29, 0.717) is 11.3 Å². The lowest BCUT2D eigenvalue weighted by molar-refractivity contribution is 0.188. The van der Waals surface area contributed by atoms with Crippen LogP contribution in [0.2, 0.25) is 0 Å². The maximum absolute atomic E-state index is 13.1. The minimum absolute atomic E-state index is 0.273. The van der Waals surface area contributed by atoms with E-state index in [-0.39, 0.29) is 6.61 Å². The monoisotopic (exact) mass is 250 g/mol. The van der Waals surface area contributed by atoms with Gasteiger partial charge in [0.25, 0.3) is 0 Å². The van der Waals surface area contributed by atoms with Crippen LogP contribution in [0, 0.1) is 5.82 Å². The summed E-state index contributed by atoms with van der Waals surface area (Å²) in [6, 6.07) is 4.10. The van der Waals surface area contributed by atoms with Crippen LogP contribution in [0.25, 0.3) is 0 Å². The van der Waals surface area contributed by atoms with E-state index >= 15 is 0 Å². The second kappa shape index (κ2) is 5.18. The summed E-state index contributed by atoms with van der Waals surface area (Å²) in [6.07, 6.45) is 2.72. The average molecular weight is 250 g/mol. The van der Waals surface area contributed by atoms with E-state index in [1.54, 1.807) is 13.1 Å². The molecule has 0 fully saturated rings. The van der Waals surface area contributed by atoms with Crippen molar-refractivity contribution in [2.75, 3.05) is 0 Å². The second-order valence-corrected chi connectivity index (χ2v) is 4.10. The lowest BCUT2D eigenvalue weighted by Crippen LogP contribution is -2.05. The van der Waals surface area contributed by atoms with E-state index in [1.165, 1.54) is 18.2 Å². The van der Waals surface area contributed by atoms with Crippen LogP contribution in [0.4, 0.5) is 4.39 Å². The molecule has 0 aliphatic rings. The number of hydrogen-bond donors (Lipinski definition) is 1. The van der Waals surface area contributed by atoms with Gasteiger partial charge < -0.3 is 14.4 Å². The van der Waals surface area contributed by atoms with E-state index in [2.05, 4.69) is 4.98 Å². The fraction of sp³-hybridized carbons (Fsp3) is 0.308. The molecule has 0 amide bonds. The van der Waals surface area contributed by atoms with Gasteiger partial charge in [0.2, 0.25) is 0 Å². The smallest absolute Gasteiger partial charge is 0.146 e. The normalized spacial score (nSPS) is 12.4. The van der Waals surface area contributed by atoms with Gasteiger partial charge in [-0.25, -0.2) is 9.37 Å². The molecule has 0 saturated carbocycles. The highest BCUT2D eigenvalue weighted by molar-refractivity contribution is 5.35. The standard InChI is InChI=1S/C13H15FN2O2/c1-9(17)11-7-10(14)3-4-12(11)18-8-13-15-5-6-16(13)2/h3-7,9,17H,8H2,1-2H3. The molecule has 1 aromatic heterocycles. The molecule has 0 aliphatic heterocycles. The number of aromatic nitrogens is 2. The fourth-order valence-corrected chi connectivity index (χ4v) is 1.66. The summed E-state index contributed by atoms with van der Waals surface area (Å²) in [5.74, 6) is 0.834. The number of aliphatic hydroxyl groups is 1. The maximum atomic E-state index is 13.1. The zero-order chi connectivity index (χ0) is 13.1. The fourth-order valence-electron chi connectivity index (χ4n) is 1.66. The van der Waals surface area contributed by atoms with Crippen molar-refractivity contribution < 1.29 is 14.2 Å². The van der Waals surface area contributed by atoms with E-state index < -0.39 is 11.9 Å². The summed E-state index contributed by atoms with van der Waals surface area (Å²) < 4.78 is 20.5. The molecule has 0 bridgehead atoms. The third kappa shape index (κ3) is 2.68. The van der Waals surface area contributed by atoms with Crippen LogP contribution in [-0.2, 0) is 13.7 Å². The highest BCUT2D eigenvalue weighted by Gasteiger charge is 2.11. The van der Waals surface area contributed by atoms with E-state index in [4.69, 9.17) is 4.74 Å². The number of halogens is 1. The van der Waals surface area contributed by atoms with Gasteiger partial charge in [-0.2, -0.15) is 0 Å². The number of hydrogen-bond acceptors (Lipinski definition) is 3. The average Bonchev–Trinajstić information content (AvgIpc) is 2.73. The molecule has 0 aliphatic carbocycles. The van der Waals surface area contributed by atoms with Crippen molar-refractivity contribution in [2.45, 2.75) is 19.6 Å². The highest BCUT2D eigenvalue weighted by atomic mass is 19.1. The molecule has 5 heteroatoms. The first-order chi connectivity index (χ1) is 8.58. The molecule has 2 rings (SSSR count). The Hall–Kier alpha value is -1.88. The van der Waals surface area contributed by atoms with Gasteiger partial charge in [0.05, 0.1) is 6.10 Å². The van der Waals surface area contributed by atoms with Gasteiger partial charge in [-0.1, -0.05) is 0 Å².